The molecule has 0 amide bonds. The van der Waals surface area contributed by atoms with Crippen LogP contribution in [-0.2, 0) is 38.9 Å². The number of hydrogen-bond donors (Lipinski definition) is 0. The molecule has 0 atom stereocenters. The SMILES string of the molecule is [Au+3].[C-]#N.[C-]#N.[C-]#N.[C-]#N.[C-]#N.[Ni+2]. The summed E-state index contributed by atoms with van der Waals surface area (Å²) in [7, 11) is 0. The van der Waals surface area contributed by atoms with Crippen molar-refractivity contribution in [3.63, 3.8) is 0 Å². The molecule has 0 unspecified atom stereocenters. The Labute approximate surface area is 97.9 Å². The number of rotatable bonds is 0. The molecule has 12 heavy (non-hydrogen) atoms. The maximum absolute atomic E-state index is 6.25. The second-order valence-electron chi connectivity index (χ2n) is 0. The first kappa shape index (κ1) is 73.8. The predicted molar refractivity (Wildman–Crippen MR) is 24.8 cm³/mol. The molecule has 0 aliphatic heterocycles. The molecule has 0 heterocycles. The Morgan fingerprint density at radius 1 is 0.417 bits per heavy atom. The Morgan fingerprint density at radius 2 is 0.417 bits per heavy atom. The van der Waals surface area contributed by atoms with E-state index in [2.05, 4.69) is 0 Å². The van der Waals surface area contributed by atoms with Gasteiger partial charge in [0.05, 0.1) is 0 Å². The smallest absolute Gasteiger partial charge is 0.512 e. The van der Waals surface area contributed by atoms with Gasteiger partial charge in [-0.2, -0.15) is 0 Å². The van der Waals surface area contributed by atoms with Gasteiger partial charge < -0.3 is 59.2 Å². The van der Waals surface area contributed by atoms with E-state index in [9.17, 15) is 0 Å². The third-order valence-electron chi connectivity index (χ3n) is 0. The van der Waals surface area contributed by atoms with E-state index in [-0.39, 0.29) is 38.9 Å². The maximum Gasteiger partial charge on any atom is 3.00 e. The van der Waals surface area contributed by atoms with Gasteiger partial charge in [0, 0.05) is 0 Å². The summed E-state index contributed by atoms with van der Waals surface area (Å²) in [5, 5.41) is 31.2. The molecule has 0 aromatic rings. The van der Waals surface area contributed by atoms with Crippen molar-refractivity contribution in [3.05, 3.63) is 32.9 Å². The standard InChI is InChI=1S/5CN.Au.Ni/c5*1-2;;/q5*-1;+3;+2. The zero-order valence-corrected chi connectivity index (χ0v) is 8.51. The Bertz CT molecular complexity index is 78.4. The Balaban J connectivity index is -0.00000000500. The largest absolute Gasteiger partial charge is 3.00 e. The monoisotopic (exact) mass is 385 g/mol. The molecule has 0 saturated carbocycles. The minimum Gasteiger partial charge on any atom is -0.512 e. The van der Waals surface area contributed by atoms with Gasteiger partial charge in [0.25, 0.3) is 0 Å². The summed E-state index contributed by atoms with van der Waals surface area (Å²) in [5.41, 5.74) is 0. The summed E-state index contributed by atoms with van der Waals surface area (Å²) in [6, 6.07) is 0. The number of hydrogen-bond acceptors (Lipinski definition) is 5. The molecule has 5 nitrogen and oxygen atoms in total. The van der Waals surface area contributed by atoms with Crippen molar-refractivity contribution < 1.29 is 38.9 Å². The molecule has 0 spiro atoms. The molecule has 0 aliphatic rings. The fraction of sp³-hybridized carbons (Fsp3) is 0. The zero-order valence-electron chi connectivity index (χ0n) is 5.35. The summed E-state index contributed by atoms with van der Waals surface area (Å²) in [5.74, 6) is 0. The summed E-state index contributed by atoms with van der Waals surface area (Å²) < 4.78 is 0. The molecule has 66 valence electrons. The summed E-state index contributed by atoms with van der Waals surface area (Å²) in [4.78, 5) is 0. The molecule has 0 rings (SSSR count). The summed E-state index contributed by atoms with van der Waals surface area (Å²) >= 11 is 0. The average molecular weight is 386 g/mol. The topological polar surface area (TPSA) is 119 Å². The van der Waals surface area contributed by atoms with Crippen LogP contribution in [0.4, 0.5) is 0 Å². The predicted octanol–water partition coefficient (Wildman–Crippen LogP) is 0.477. The van der Waals surface area contributed by atoms with Crippen LogP contribution in [0.5, 0.6) is 0 Å². The second kappa shape index (κ2) is 421. The van der Waals surface area contributed by atoms with Crippen LogP contribution in [0.25, 0.3) is 0 Å². The third kappa shape index (κ3) is 296. The van der Waals surface area contributed by atoms with Gasteiger partial charge in [0.1, 0.15) is 0 Å². The molecule has 0 fully saturated rings. The van der Waals surface area contributed by atoms with E-state index in [1.165, 1.54) is 0 Å². The van der Waals surface area contributed by atoms with Crippen molar-refractivity contribution in [2.75, 3.05) is 0 Å². The second-order valence-corrected chi connectivity index (χ2v) is 0. The van der Waals surface area contributed by atoms with E-state index in [4.69, 9.17) is 59.2 Å². The van der Waals surface area contributed by atoms with E-state index in [0.29, 0.717) is 0 Å². The average Bonchev–Trinajstić information content (AvgIpc) is 2.20. The van der Waals surface area contributed by atoms with Gasteiger partial charge in [-0.1, -0.05) is 0 Å². The van der Waals surface area contributed by atoms with Crippen LogP contribution < -0.4 is 0 Å². The quantitative estimate of drug-likeness (QED) is 0.443. The molecule has 0 N–H and O–H groups in total. The van der Waals surface area contributed by atoms with Crippen molar-refractivity contribution in [1.82, 2.24) is 0 Å². The molecular formula is C5AuN5Ni. The van der Waals surface area contributed by atoms with Gasteiger partial charge in [0.2, 0.25) is 0 Å². The molecule has 0 aromatic heterocycles. The van der Waals surface area contributed by atoms with E-state index in [1.807, 2.05) is 0 Å². The van der Waals surface area contributed by atoms with Crippen LogP contribution in [0.2, 0.25) is 0 Å². The van der Waals surface area contributed by atoms with E-state index >= 15 is 0 Å². The first-order valence-corrected chi connectivity index (χ1v) is 1.12. The molecule has 0 aliphatic carbocycles. The van der Waals surface area contributed by atoms with Gasteiger partial charge in [0.15, 0.2) is 0 Å². The Hall–Kier alpha value is -1.32. The summed E-state index contributed by atoms with van der Waals surface area (Å²) in [6.45, 7) is 23.8. The van der Waals surface area contributed by atoms with Crippen molar-refractivity contribution >= 4 is 0 Å². The van der Waals surface area contributed by atoms with E-state index in [0.717, 1.165) is 0 Å². The van der Waals surface area contributed by atoms with Gasteiger partial charge in [-0.05, 0) is 0 Å². The molecule has 0 aromatic carbocycles. The molecular weight excluding hydrogens is 386 g/mol. The van der Waals surface area contributed by atoms with Crippen molar-refractivity contribution in [3.8, 4) is 0 Å². The van der Waals surface area contributed by atoms with Crippen molar-refractivity contribution in [2.24, 2.45) is 0 Å². The van der Waals surface area contributed by atoms with E-state index in [1.54, 1.807) is 0 Å². The Kier molecular flexibility index (Phi) is 2590. The minimum absolute atomic E-state index is 0. The minimum atomic E-state index is 0. The van der Waals surface area contributed by atoms with Crippen molar-refractivity contribution in [1.29, 1.82) is 26.3 Å². The van der Waals surface area contributed by atoms with Crippen LogP contribution in [0, 0.1) is 59.2 Å². The van der Waals surface area contributed by atoms with Gasteiger partial charge in [-0.15, -0.1) is 0 Å². The summed E-state index contributed by atoms with van der Waals surface area (Å²) in [6.07, 6.45) is 0. The van der Waals surface area contributed by atoms with Crippen LogP contribution in [0.15, 0.2) is 0 Å². The molecule has 0 saturated heterocycles. The Morgan fingerprint density at radius 3 is 0.417 bits per heavy atom. The first-order chi connectivity index (χ1) is 5.00. The number of nitrogens with zero attached hydrogens (tertiary/aromatic N) is 5. The third-order valence-corrected chi connectivity index (χ3v) is 0. The maximum atomic E-state index is 6.25. The van der Waals surface area contributed by atoms with E-state index < -0.39 is 0 Å². The zero-order chi connectivity index (χ0) is 10.0. The van der Waals surface area contributed by atoms with Crippen molar-refractivity contribution in [2.45, 2.75) is 0 Å². The molecule has 0 bridgehead atoms. The fourth-order valence-electron chi connectivity index (χ4n) is 0. The normalized spacial score (nSPS) is 0.833. The van der Waals surface area contributed by atoms with Gasteiger partial charge in [-0.3, -0.25) is 0 Å². The first-order valence-electron chi connectivity index (χ1n) is 1.12. The van der Waals surface area contributed by atoms with Gasteiger partial charge in [-0.25, -0.2) is 0 Å². The van der Waals surface area contributed by atoms with Gasteiger partial charge >= 0.3 is 38.9 Å². The molecule has 0 radical (unpaired) electrons. The molecule has 7 heteroatoms. The van der Waals surface area contributed by atoms with Crippen LogP contribution >= 0.6 is 0 Å². The fourth-order valence-corrected chi connectivity index (χ4v) is 0. The van der Waals surface area contributed by atoms with Crippen LogP contribution in [0.3, 0.4) is 0 Å². The van der Waals surface area contributed by atoms with Crippen LogP contribution in [0.1, 0.15) is 0 Å². The van der Waals surface area contributed by atoms with Crippen LogP contribution in [-0.4, -0.2) is 0 Å².